The largest absolute Gasteiger partial charge is 0.454 e. The summed E-state index contributed by atoms with van der Waals surface area (Å²) in [6, 6.07) is 9.79. The van der Waals surface area contributed by atoms with Crippen molar-refractivity contribution in [2.24, 2.45) is 0 Å². The second-order valence-electron chi connectivity index (χ2n) is 6.90. The summed E-state index contributed by atoms with van der Waals surface area (Å²) in [7, 11) is 0. The number of carbonyl (C=O) groups is 1. The van der Waals surface area contributed by atoms with Crippen molar-refractivity contribution in [3.63, 3.8) is 0 Å². The number of ether oxygens (including phenoxy) is 2. The van der Waals surface area contributed by atoms with Crippen LogP contribution >= 0.6 is 0 Å². The summed E-state index contributed by atoms with van der Waals surface area (Å²) in [6.07, 6.45) is 4.73. The van der Waals surface area contributed by atoms with Crippen molar-refractivity contribution in [1.82, 2.24) is 15.5 Å². The van der Waals surface area contributed by atoms with Gasteiger partial charge < -0.3 is 19.7 Å². The van der Waals surface area contributed by atoms with Crippen LogP contribution in [0.4, 0.5) is 5.82 Å². The summed E-state index contributed by atoms with van der Waals surface area (Å²) in [4.78, 5) is 14.7. The lowest BCUT2D eigenvalue weighted by atomic mass is 10.0. The molecule has 2 aliphatic rings. The summed E-state index contributed by atoms with van der Waals surface area (Å²) in [5, 5.41) is 11.3. The van der Waals surface area contributed by atoms with Crippen molar-refractivity contribution in [2.75, 3.05) is 18.2 Å². The van der Waals surface area contributed by atoms with Crippen molar-refractivity contribution < 1.29 is 14.3 Å². The molecule has 2 aliphatic heterocycles. The molecule has 1 unspecified atom stereocenters. The fraction of sp³-hybridized carbons (Fsp3) is 0.450. The van der Waals surface area contributed by atoms with Crippen LogP contribution < -0.4 is 19.7 Å². The number of benzene rings is 1. The highest BCUT2D eigenvalue weighted by Crippen LogP contribution is 2.32. The van der Waals surface area contributed by atoms with E-state index in [4.69, 9.17) is 9.47 Å². The average molecular weight is 368 g/mol. The Morgan fingerprint density at radius 1 is 1.19 bits per heavy atom. The van der Waals surface area contributed by atoms with Crippen LogP contribution in [0.2, 0.25) is 0 Å². The Kier molecular flexibility index (Phi) is 5.09. The Balaban J connectivity index is 1.37. The van der Waals surface area contributed by atoms with Crippen LogP contribution in [0.25, 0.3) is 0 Å². The molecule has 4 rings (SSSR count). The van der Waals surface area contributed by atoms with Gasteiger partial charge in [0.05, 0.1) is 0 Å². The van der Waals surface area contributed by atoms with E-state index in [0.717, 1.165) is 30.1 Å². The van der Waals surface area contributed by atoms with E-state index in [1.165, 1.54) is 19.3 Å². The Hall–Kier alpha value is -2.83. The van der Waals surface area contributed by atoms with Crippen LogP contribution in [0.5, 0.6) is 11.5 Å². The van der Waals surface area contributed by atoms with E-state index >= 15 is 0 Å². The first kappa shape index (κ1) is 17.6. The molecule has 0 bridgehead atoms. The van der Waals surface area contributed by atoms with Gasteiger partial charge in [-0.25, -0.2) is 0 Å². The molecule has 0 spiro atoms. The van der Waals surface area contributed by atoms with Crippen molar-refractivity contribution >= 4 is 11.7 Å². The van der Waals surface area contributed by atoms with E-state index in [-0.39, 0.29) is 12.7 Å². The third kappa shape index (κ3) is 3.82. The van der Waals surface area contributed by atoms with E-state index < -0.39 is 0 Å². The van der Waals surface area contributed by atoms with Crippen molar-refractivity contribution in [3.8, 4) is 11.5 Å². The van der Waals surface area contributed by atoms with Crippen molar-refractivity contribution in [3.05, 3.63) is 41.6 Å². The number of carbonyl (C=O) groups excluding carboxylic acids is 1. The SMILES string of the molecule is CCC1CCCCN1c1ccc(C(=O)NCc2ccc3c(c2)OCO3)nn1. The number of amides is 1. The van der Waals surface area contributed by atoms with Crippen LogP contribution in [0.3, 0.4) is 0 Å². The van der Waals surface area contributed by atoms with E-state index in [2.05, 4.69) is 27.3 Å². The maximum atomic E-state index is 12.4. The molecule has 1 fully saturated rings. The fourth-order valence-electron chi connectivity index (χ4n) is 3.65. The minimum Gasteiger partial charge on any atom is -0.454 e. The number of nitrogens with zero attached hydrogens (tertiary/aromatic N) is 3. The smallest absolute Gasteiger partial charge is 0.272 e. The first-order valence-electron chi connectivity index (χ1n) is 9.51. The summed E-state index contributed by atoms with van der Waals surface area (Å²) in [6.45, 7) is 3.84. The lowest BCUT2D eigenvalue weighted by Gasteiger charge is -2.35. The van der Waals surface area contributed by atoms with E-state index in [0.29, 0.717) is 24.0 Å². The number of fused-ring (bicyclic) bond motifs is 1. The summed E-state index contributed by atoms with van der Waals surface area (Å²) >= 11 is 0. The number of hydrogen-bond donors (Lipinski definition) is 1. The summed E-state index contributed by atoms with van der Waals surface area (Å²) in [5.74, 6) is 2.05. The molecule has 0 radical (unpaired) electrons. The molecule has 0 aliphatic carbocycles. The Bertz CT molecular complexity index is 809. The average Bonchev–Trinajstić information content (AvgIpc) is 3.20. The topological polar surface area (TPSA) is 76.6 Å². The highest BCUT2D eigenvalue weighted by atomic mass is 16.7. The van der Waals surface area contributed by atoms with Crippen LogP contribution in [0, 0.1) is 0 Å². The minimum atomic E-state index is -0.239. The molecule has 142 valence electrons. The highest BCUT2D eigenvalue weighted by molar-refractivity contribution is 5.92. The first-order chi connectivity index (χ1) is 13.2. The summed E-state index contributed by atoms with van der Waals surface area (Å²) < 4.78 is 10.7. The lowest BCUT2D eigenvalue weighted by molar-refractivity contribution is 0.0945. The third-order valence-electron chi connectivity index (χ3n) is 5.17. The van der Waals surface area contributed by atoms with Gasteiger partial charge in [0.15, 0.2) is 23.0 Å². The first-order valence-corrected chi connectivity index (χ1v) is 9.51. The van der Waals surface area contributed by atoms with E-state index in [9.17, 15) is 4.79 Å². The van der Waals surface area contributed by atoms with Gasteiger partial charge in [-0.05, 0) is 55.5 Å². The molecule has 1 aromatic carbocycles. The predicted octanol–water partition coefficient (Wildman–Crippen LogP) is 2.90. The molecule has 0 saturated carbocycles. The zero-order valence-corrected chi connectivity index (χ0v) is 15.5. The van der Waals surface area contributed by atoms with Gasteiger partial charge in [0, 0.05) is 19.1 Å². The Morgan fingerprint density at radius 2 is 2.07 bits per heavy atom. The fourth-order valence-corrected chi connectivity index (χ4v) is 3.65. The predicted molar refractivity (Wildman–Crippen MR) is 101 cm³/mol. The van der Waals surface area contributed by atoms with E-state index in [1.807, 2.05) is 24.3 Å². The number of anilines is 1. The van der Waals surface area contributed by atoms with Gasteiger partial charge in [-0.1, -0.05) is 13.0 Å². The van der Waals surface area contributed by atoms with Crippen LogP contribution in [-0.2, 0) is 6.54 Å². The minimum absolute atomic E-state index is 0.239. The van der Waals surface area contributed by atoms with Gasteiger partial charge in [0.25, 0.3) is 5.91 Å². The second-order valence-corrected chi connectivity index (χ2v) is 6.90. The van der Waals surface area contributed by atoms with Gasteiger partial charge in [-0.15, -0.1) is 10.2 Å². The zero-order chi connectivity index (χ0) is 18.6. The van der Waals surface area contributed by atoms with Gasteiger partial charge in [-0.2, -0.15) is 0 Å². The van der Waals surface area contributed by atoms with Crippen molar-refractivity contribution in [1.29, 1.82) is 0 Å². The molecule has 1 saturated heterocycles. The number of hydrogen-bond acceptors (Lipinski definition) is 6. The molecule has 1 aromatic heterocycles. The van der Waals surface area contributed by atoms with E-state index in [1.54, 1.807) is 6.07 Å². The molecule has 2 aromatic rings. The van der Waals surface area contributed by atoms with Crippen molar-refractivity contribution in [2.45, 2.75) is 45.2 Å². The number of rotatable bonds is 5. The maximum Gasteiger partial charge on any atom is 0.272 e. The molecule has 1 amide bonds. The van der Waals surface area contributed by atoms with Gasteiger partial charge in [0.2, 0.25) is 6.79 Å². The monoisotopic (exact) mass is 368 g/mol. The standard InChI is InChI=1S/C20H24N4O3/c1-2-15-5-3-4-10-24(15)19-9-7-16(22-23-19)20(25)21-12-14-6-8-17-18(11-14)27-13-26-17/h6-9,11,15H,2-5,10,12-13H2,1H3,(H,21,25). The molecular weight excluding hydrogens is 344 g/mol. The number of nitrogens with one attached hydrogen (secondary N) is 1. The number of aromatic nitrogens is 2. The normalized spacial score (nSPS) is 18.4. The van der Waals surface area contributed by atoms with Gasteiger partial charge >= 0.3 is 0 Å². The maximum absolute atomic E-state index is 12.4. The third-order valence-corrected chi connectivity index (χ3v) is 5.17. The Morgan fingerprint density at radius 3 is 2.89 bits per heavy atom. The molecule has 7 heteroatoms. The summed E-state index contributed by atoms with van der Waals surface area (Å²) in [5.41, 5.74) is 1.26. The quantitative estimate of drug-likeness (QED) is 0.874. The zero-order valence-electron chi connectivity index (χ0n) is 15.5. The molecule has 7 nitrogen and oxygen atoms in total. The van der Waals surface area contributed by atoms with Crippen LogP contribution in [0.1, 0.15) is 48.7 Å². The second kappa shape index (κ2) is 7.82. The molecule has 3 heterocycles. The lowest BCUT2D eigenvalue weighted by Crippen LogP contribution is -2.39. The molecule has 1 atom stereocenters. The molecule has 1 N–H and O–H groups in total. The van der Waals surface area contributed by atoms with Crippen LogP contribution in [-0.4, -0.2) is 35.5 Å². The van der Waals surface area contributed by atoms with Gasteiger partial charge in [-0.3, -0.25) is 4.79 Å². The number of piperidine rings is 1. The molecular formula is C20H24N4O3. The van der Waals surface area contributed by atoms with Gasteiger partial charge in [0.1, 0.15) is 0 Å². The Labute approximate surface area is 158 Å². The highest BCUT2D eigenvalue weighted by Gasteiger charge is 2.22. The van der Waals surface area contributed by atoms with Crippen LogP contribution in [0.15, 0.2) is 30.3 Å². The molecule has 27 heavy (non-hydrogen) atoms.